The summed E-state index contributed by atoms with van der Waals surface area (Å²) < 4.78 is 14.6. The van der Waals surface area contributed by atoms with Gasteiger partial charge in [-0.2, -0.15) is 0 Å². The highest BCUT2D eigenvalue weighted by molar-refractivity contribution is 6.06. The lowest BCUT2D eigenvalue weighted by Gasteiger charge is -2.39. The van der Waals surface area contributed by atoms with Gasteiger partial charge in [0.05, 0.1) is 17.9 Å². The number of fused-ring (bicyclic) bond motifs is 1. The predicted molar refractivity (Wildman–Crippen MR) is 104 cm³/mol. The van der Waals surface area contributed by atoms with Gasteiger partial charge in [-0.15, -0.1) is 0 Å². The van der Waals surface area contributed by atoms with Crippen molar-refractivity contribution in [3.05, 3.63) is 47.4 Å². The molecule has 0 atom stereocenters. The van der Waals surface area contributed by atoms with Crippen LogP contribution in [0, 0.1) is 18.7 Å². The Bertz CT molecular complexity index is 845. The number of nitrogen functional groups attached to an aromatic ring is 1. The maximum absolute atomic E-state index is 14.6. The Hall–Kier alpha value is -2.67. The Kier molecular flexibility index (Phi) is 4.70. The number of piperidine rings is 1. The van der Waals surface area contributed by atoms with Crippen LogP contribution in [0.1, 0.15) is 24.0 Å². The van der Waals surface area contributed by atoms with Crippen LogP contribution in [0.3, 0.4) is 0 Å². The van der Waals surface area contributed by atoms with Gasteiger partial charge in [-0.1, -0.05) is 12.1 Å². The summed E-state index contributed by atoms with van der Waals surface area (Å²) in [5, 5.41) is 3.35. The number of nitrogens with two attached hydrogens (primary N) is 1. The van der Waals surface area contributed by atoms with Crippen LogP contribution >= 0.6 is 0 Å². The van der Waals surface area contributed by atoms with E-state index in [-0.39, 0.29) is 12.6 Å². The van der Waals surface area contributed by atoms with Gasteiger partial charge in [0, 0.05) is 24.4 Å². The van der Waals surface area contributed by atoms with Gasteiger partial charge in [-0.05, 0) is 50.4 Å². The highest BCUT2D eigenvalue weighted by Crippen LogP contribution is 2.36. The van der Waals surface area contributed by atoms with Crippen molar-refractivity contribution in [1.82, 2.24) is 10.3 Å². The van der Waals surface area contributed by atoms with Gasteiger partial charge in [0.15, 0.2) is 0 Å². The van der Waals surface area contributed by atoms with Gasteiger partial charge in [0.1, 0.15) is 11.6 Å². The van der Waals surface area contributed by atoms with Crippen molar-refractivity contribution >= 4 is 23.2 Å². The van der Waals surface area contributed by atoms with Crippen LogP contribution in [-0.2, 0) is 6.54 Å². The van der Waals surface area contributed by atoms with Gasteiger partial charge in [-0.25, -0.2) is 14.2 Å². The fraction of sp³-hybridized carbons (Fsp3) is 0.400. The second-order valence-electron chi connectivity index (χ2n) is 7.32. The van der Waals surface area contributed by atoms with E-state index in [1.165, 1.54) is 11.0 Å². The molecule has 7 heteroatoms. The standard InChI is InChI=1S/C20H24FN5O/c1-13-3-2-4-16(21)19(13)26-12-15-10-24-18(22)9-17(15)25(20(26)27)11-14-5-7-23-8-6-14/h2-4,9-10,14,23H,5-8,11-12H2,1H3,(H2,22,24). The fourth-order valence-electron chi connectivity index (χ4n) is 3.99. The largest absolute Gasteiger partial charge is 0.384 e. The third kappa shape index (κ3) is 3.35. The van der Waals surface area contributed by atoms with Gasteiger partial charge < -0.3 is 11.1 Å². The number of hydrogen-bond acceptors (Lipinski definition) is 4. The number of aromatic nitrogens is 1. The molecule has 4 rings (SSSR count). The molecule has 0 saturated carbocycles. The van der Waals surface area contributed by atoms with Crippen LogP contribution < -0.4 is 20.9 Å². The summed E-state index contributed by atoms with van der Waals surface area (Å²) in [7, 11) is 0. The van der Waals surface area contributed by atoms with Crippen molar-refractivity contribution < 1.29 is 9.18 Å². The summed E-state index contributed by atoms with van der Waals surface area (Å²) >= 11 is 0. The number of carbonyl (C=O) groups excluding carboxylic acids is 1. The number of hydrogen-bond donors (Lipinski definition) is 2. The SMILES string of the molecule is Cc1cccc(F)c1N1Cc2cnc(N)cc2N(CC2CCNCC2)C1=O. The van der Waals surface area contributed by atoms with Crippen molar-refractivity contribution in [2.75, 3.05) is 35.2 Å². The summed E-state index contributed by atoms with van der Waals surface area (Å²) in [5.41, 5.74) is 8.61. The molecule has 6 nitrogen and oxygen atoms in total. The molecule has 2 aromatic rings. The summed E-state index contributed by atoms with van der Waals surface area (Å²) in [4.78, 5) is 20.8. The molecule has 3 heterocycles. The van der Waals surface area contributed by atoms with Gasteiger partial charge in [0.25, 0.3) is 0 Å². The highest BCUT2D eigenvalue weighted by Gasteiger charge is 2.35. The maximum atomic E-state index is 14.6. The Morgan fingerprint density at radius 1 is 1.33 bits per heavy atom. The second-order valence-corrected chi connectivity index (χ2v) is 7.32. The van der Waals surface area contributed by atoms with E-state index in [4.69, 9.17) is 5.73 Å². The van der Waals surface area contributed by atoms with E-state index >= 15 is 0 Å². The molecule has 0 aliphatic carbocycles. The molecule has 2 aliphatic rings. The molecule has 2 amide bonds. The van der Waals surface area contributed by atoms with E-state index in [1.54, 1.807) is 23.2 Å². The minimum atomic E-state index is -0.392. The van der Waals surface area contributed by atoms with E-state index < -0.39 is 5.82 Å². The predicted octanol–water partition coefficient (Wildman–Crippen LogP) is 3.06. The number of nitrogens with one attached hydrogen (secondary N) is 1. The molecule has 142 valence electrons. The lowest BCUT2D eigenvalue weighted by Crippen LogP contribution is -2.50. The first-order valence-electron chi connectivity index (χ1n) is 9.34. The first kappa shape index (κ1) is 17.7. The Morgan fingerprint density at radius 3 is 2.85 bits per heavy atom. The monoisotopic (exact) mass is 369 g/mol. The third-order valence-electron chi connectivity index (χ3n) is 5.42. The highest BCUT2D eigenvalue weighted by atomic mass is 19.1. The number of halogens is 1. The van der Waals surface area contributed by atoms with E-state index in [2.05, 4.69) is 10.3 Å². The Labute approximate surface area is 158 Å². The fourth-order valence-corrected chi connectivity index (χ4v) is 3.99. The van der Waals surface area contributed by atoms with Crippen LogP contribution in [0.25, 0.3) is 0 Å². The number of urea groups is 1. The van der Waals surface area contributed by atoms with Crippen molar-refractivity contribution in [2.24, 2.45) is 5.92 Å². The molecule has 27 heavy (non-hydrogen) atoms. The van der Waals surface area contributed by atoms with Crippen LogP contribution in [0.5, 0.6) is 0 Å². The molecule has 0 radical (unpaired) electrons. The van der Waals surface area contributed by atoms with Crippen molar-refractivity contribution in [1.29, 1.82) is 0 Å². The van der Waals surface area contributed by atoms with E-state index in [1.807, 2.05) is 13.0 Å². The van der Waals surface area contributed by atoms with Crippen LogP contribution in [-0.4, -0.2) is 30.6 Å². The molecule has 0 unspecified atom stereocenters. The summed E-state index contributed by atoms with van der Waals surface area (Å²) in [6.07, 6.45) is 3.71. The third-order valence-corrected chi connectivity index (χ3v) is 5.42. The molecule has 1 aromatic heterocycles. The summed E-state index contributed by atoms with van der Waals surface area (Å²) in [6.45, 7) is 4.61. The molecular weight excluding hydrogens is 345 g/mol. The van der Waals surface area contributed by atoms with Crippen molar-refractivity contribution in [2.45, 2.75) is 26.3 Å². The number of nitrogens with zero attached hydrogens (tertiary/aromatic N) is 3. The number of rotatable bonds is 3. The number of benzene rings is 1. The zero-order valence-corrected chi connectivity index (χ0v) is 15.4. The normalized spacial score (nSPS) is 17.9. The first-order chi connectivity index (χ1) is 13.0. The van der Waals surface area contributed by atoms with Gasteiger partial charge in [-0.3, -0.25) is 9.80 Å². The average Bonchev–Trinajstić information content (AvgIpc) is 2.66. The number of carbonyl (C=O) groups is 1. The van der Waals surface area contributed by atoms with Crippen molar-refractivity contribution in [3.63, 3.8) is 0 Å². The molecule has 2 aliphatic heterocycles. The van der Waals surface area contributed by atoms with E-state index in [0.29, 0.717) is 24.0 Å². The molecule has 0 spiro atoms. The van der Waals surface area contributed by atoms with E-state index in [9.17, 15) is 9.18 Å². The molecule has 0 bridgehead atoms. The lowest BCUT2D eigenvalue weighted by molar-refractivity contribution is 0.247. The summed E-state index contributed by atoms with van der Waals surface area (Å²) in [6, 6.07) is 6.41. The number of aryl methyl sites for hydroxylation is 1. The second kappa shape index (κ2) is 7.15. The van der Waals surface area contributed by atoms with Crippen LogP contribution in [0.2, 0.25) is 0 Å². The Balaban J connectivity index is 1.74. The molecule has 3 N–H and O–H groups in total. The van der Waals surface area contributed by atoms with Crippen LogP contribution in [0.15, 0.2) is 30.5 Å². The Morgan fingerprint density at radius 2 is 2.11 bits per heavy atom. The smallest absolute Gasteiger partial charge is 0.329 e. The van der Waals surface area contributed by atoms with Gasteiger partial charge in [0.2, 0.25) is 0 Å². The zero-order chi connectivity index (χ0) is 19.0. The molecular formula is C20H24FN5O. The topological polar surface area (TPSA) is 74.5 Å². The number of pyridine rings is 1. The van der Waals surface area contributed by atoms with E-state index in [0.717, 1.165) is 42.7 Å². The minimum Gasteiger partial charge on any atom is -0.384 e. The number of amides is 2. The first-order valence-corrected chi connectivity index (χ1v) is 9.34. The van der Waals surface area contributed by atoms with Crippen molar-refractivity contribution in [3.8, 4) is 0 Å². The van der Waals surface area contributed by atoms with Gasteiger partial charge >= 0.3 is 6.03 Å². The van der Waals surface area contributed by atoms with Crippen LogP contribution in [0.4, 0.5) is 26.4 Å². The number of anilines is 3. The quantitative estimate of drug-likeness (QED) is 0.872. The lowest BCUT2D eigenvalue weighted by atomic mass is 9.96. The average molecular weight is 369 g/mol. The number of para-hydroxylation sites is 1. The summed E-state index contributed by atoms with van der Waals surface area (Å²) in [5.74, 6) is 0.392. The maximum Gasteiger partial charge on any atom is 0.329 e. The molecule has 1 aromatic carbocycles. The molecule has 1 fully saturated rings. The zero-order valence-electron chi connectivity index (χ0n) is 15.4. The minimum absolute atomic E-state index is 0.208. The molecule has 1 saturated heterocycles.